The van der Waals surface area contributed by atoms with Crippen molar-refractivity contribution in [1.29, 1.82) is 0 Å². The first-order valence-corrected chi connectivity index (χ1v) is 9.96. The molecule has 2 aliphatic rings. The number of fused-ring (bicyclic) bond motifs is 1. The first-order chi connectivity index (χ1) is 13.2. The van der Waals surface area contributed by atoms with Crippen molar-refractivity contribution in [3.05, 3.63) is 35.8 Å². The van der Waals surface area contributed by atoms with Gasteiger partial charge in [0.05, 0.1) is 0 Å². The first kappa shape index (κ1) is 17.9. The Bertz CT molecular complexity index is 796. The number of ether oxygens (including phenoxy) is 2. The van der Waals surface area contributed by atoms with E-state index in [0.717, 1.165) is 67.6 Å². The molecule has 1 atom stereocenters. The van der Waals surface area contributed by atoms with Crippen molar-refractivity contribution in [2.75, 3.05) is 36.5 Å². The van der Waals surface area contributed by atoms with Crippen LogP contribution in [-0.4, -0.2) is 42.3 Å². The highest BCUT2D eigenvalue weighted by molar-refractivity contribution is 5.56. The molecule has 1 aromatic heterocycles. The van der Waals surface area contributed by atoms with E-state index in [1.165, 1.54) is 5.56 Å². The molecule has 0 aliphatic carbocycles. The lowest BCUT2D eigenvalue weighted by molar-refractivity contribution is 0.171. The van der Waals surface area contributed by atoms with Crippen LogP contribution in [0.5, 0.6) is 11.5 Å². The Balaban J connectivity index is 1.48. The Morgan fingerprint density at radius 3 is 2.93 bits per heavy atom. The number of aryl methyl sites for hydroxylation is 2. The molecule has 1 unspecified atom stereocenters. The van der Waals surface area contributed by atoms with Crippen LogP contribution in [0.3, 0.4) is 0 Å². The van der Waals surface area contributed by atoms with Gasteiger partial charge in [-0.15, -0.1) is 0 Å². The Morgan fingerprint density at radius 2 is 2.07 bits per heavy atom. The van der Waals surface area contributed by atoms with E-state index >= 15 is 0 Å². The summed E-state index contributed by atoms with van der Waals surface area (Å²) in [6.07, 6.45) is 6.42. The second kappa shape index (κ2) is 8.03. The maximum Gasteiger partial charge on any atom is 0.163 e. The van der Waals surface area contributed by atoms with Crippen LogP contribution in [0.2, 0.25) is 0 Å². The zero-order valence-electron chi connectivity index (χ0n) is 16.2. The fourth-order valence-electron chi connectivity index (χ4n) is 3.86. The second-order valence-electron chi connectivity index (χ2n) is 7.30. The number of aromatic nitrogens is 2. The predicted molar refractivity (Wildman–Crippen MR) is 107 cm³/mol. The number of nitrogens with zero attached hydrogens (tertiary/aromatic N) is 3. The molecule has 1 fully saturated rings. The molecule has 1 aromatic carbocycles. The molecule has 1 saturated heterocycles. The van der Waals surface area contributed by atoms with E-state index in [1.54, 1.807) is 0 Å². The molecule has 0 amide bonds. The van der Waals surface area contributed by atoms with E-state index in [1.807, 2.05) is 25.3 Å². The number of piperidine rings is 1. The highest BCUT2D eigenvalue weighted by atomic mass is 16.6. The van der Waals surface area contributed by atoms with E-state index in [0.29, 0.717) is 19.3 Å². The van der Waals surface area contributed by atoms with Crippen molar-refractivity contribution in [3.8, 4) is 11.5 Å². The highest BCUT2D eigenvalue weighted by Crippen LogP contribution is 2.33. The second-order valence-corrected chi connectivity index (χ2v) is 7.30. The zero-order chi connectivity index (χ0) is 18.6. The van der Waals surface area contributed by atoms with Crippen molar-refractivity contribution in [2.24, 2.45) is 0 Å². The van der Waals surface area contributed by atoms with Crippen LogP contribution in [0.1, 0.15) is 37.6 Å². The molecule has 144 valence electrons. The van der Waals surface area contributed by atoms with Crippen molar-refractivity contribution in [2.45, 2.75) is 45.6 Å². The van der Waals surface area contributed by atoms with Gasteiger partial charge in [0.1, 0.15) is 24.9 Å². The molecule has 6 heteroatoms. The molecule has 3 heterocycles. The van der Waals surface area contributed by atoms with Crippen LogP contribution in [0.25, 0.3) is 0 Å². The molecule has 6 nitrogen and oxygen atoms in total. The molecule has 0 bridgehead atoms. The van der Waals surface area contributed by atoms with Gasteiger partial charge in [-0.05, 0) is 38.3 Å². The monoisotopic (exact) mass is 368 g/mol. The molecule has 0 radical (unpaired) electrons. The Kier molecular flexibility index (Phi) is 5.32. The largest absolute Gasteiger partial charge is 0.486 e. The summed E-state index contributed by atoms with van der Waals surface area (Å²) in [5, 5.41) is 3.68. The molecular weight excluding hydrogens is 340 g/mol. The SMILES string of the molecule is CCCc1cnc(C)nc1N1CCCC(Nc2ccc3c(c2)OCCO3)C1. The maximum atomic E-state index is 5.71. The van der Waals surface area contributed by atoms with Crippen molar-refractivity contribution < 1.29 is 9.47 Å². The number of benzene rings is 1. The molecule has 1 N–H and O–H groups in total. The van der Waals surface area contributed by atoms with E-state index in [4.69, 9.17) is 14.5 Å². The Morgan fingerprint density at radius 1 is 1.22 bits per heavy atom. The lowest BCUT2D eigenvalue weighted by Gasteiger charge is -2.35. The van der Waals surface area contributed by atoms with Gasteiger partial charge in [0.25, 0.3) is 0 Å². The quantitative estimate of drug-likeness (QED) is 0.870. The Labute approximate surface area is 160 Å². The molecule has 4 rings (SSSR count). The third kappa shape index (κ3) is 4.10. The topological polar surface area (TPSA) is 59.5 Å². The van der Waals surface area contributed by atoms with Gasteiger partial charge in [0, 0.05) is 42.6 Å². The Hall–Kier alpha value is -2.50. The third-order valence-electron chi connectivity index (χ3n) is 5.12. The predicted octanol–water partition coefficient (Wildman–Crippen LogP) is 3.59. The average Bonchev–Trinajstić information content (AvgIpc) is 2.70. The van der Waals surface area contributed by atoms with Crippen molar-refractivity contribution in [3.63, 3.8) is 0 Å². The summed E-state index contributed by atoms with van der Waals surface area (Å²) in [6, 6.07) is 6.49. The minimum atomic E-state index is 0.381. The third-order valence-corrected chi connectivity index (χ3v) is 5.12. The van der Waals surface area contributed by atoms with Gasteiger partial charge >= 0.3 is 0 Å². The van der Waals surface area contributed by atoms with Crippen LogP contribution in [0, 0.1) is 6.92 Å². The van der Waals surface area contributed by atoms with Gasteiger partial charge < -0.3 is 19.7 Å². The molecule has 27 heavy (non-hydrogen) atoms. The van der Waals surface area contributed by atoms with Gasteiger partial charge in [-0.1, -0.05) is 13.3 Å². The van der Waals surface area contributed by atoms with Crippen LogP contribution in [-0.2, 0) is 6.42 Å². The zero-order valence-corrected chi connectivity index (χ0v) is 16.2. The van der Waals surface area contributed by atoms with Gasteiger partial charge in [0.2, 0.25) is 0 Å². The van der Waals surface area contributed by atoms with E-state index in [-0.39, 0.29) is 0 Å². The fourth-order valence-corrected chi connectivity index (χ4v) is 3.86. The summed E-state index contributed by atoms with van der Waals surface area (Å²) in [4.78, 5) is 11.6. The number of nitrogens with one attached hydrogen (secondary N) is 1. The summed E-state index contributed by atoms with van der Waals surface area (Å²) in [7, 11) is 0. The summed E-state index contributed by atoms with van der Waals surface area (Å²) in [5.41, 5.74) is 2.34. The van der Waals surface area contributed by atoms with E-state index in [9.17, 15) is 0 Å². The molecule has 2 aliphatic heterocycles. The molecular formula is C21H28N4O2. The average molecular weight is 368 g/mol. The number of rotatable bonds is 5. The normalized spacial score (nSPS) is 19.0. The van der Waals surface area contributed by atoms with Gasteiger partial charge in [-0.2, -0.15) is 0 Å². The lowest BCUT2D eigenvalue weighted by atomic mass is 10.0. The van der Waals surface area contributed by atoms with Crippen LogP contribution < -0.4 is 19.7 Å². The standard InChI is InChI=1S/C21H28N4O2/c1-3-5-16-13-22-15(2)23-21(16)25-9-4-6-18(14-25)24-17-7-8-19-20(12-17)27-11-10-26-19/h7-8,12-13,18,24H,3-6,9-11,14H2,1-2H3. The lowest BCUT2D eigenvalue weighted by Crippen LogP contribution is -2.43. The number of hydrogen-bond acceptors (Lipinski definition) is 6. The summed E-state index contributed by atoms with van der Waals surface area (Å²) < 4.78 is 11.3. The first-order valence-electron chi connectivity index (χ1n) is 9.96. The van der Waals surface area contributed by atoms with Gasteiger partial charge in [0.15, 0.2) is 11.5 Å². The molecule has 2 aromatic rings. The summed E-state index contributed by atoms with van der Waals surface area (Å²) in [5.74, 6) is 3.61. The molecule has 0 saturated carbocycles. The fraction of sp³-hybridized carbons (Fsp3) is 0.524. The smallest absolute Gasteiger partial charge is 0.163 e. The maximum absolute atomic E-state index is 5.71. The number of hydrogen-bond donors (Lipinski definition) is 1. The van der Waals surface area contributed by atoms with Crippen molar-refractivity contribution in [1.82, 2.24) is 9.97 Å². The molecule has 0 spiro atoms. The van der Waals surface area contributed by atoms with Crippen LogP contribution in [0.15, 0.2) is 24.4 Å². The van der Waals surface area contributed by atoms with Crippen LogP contribution in [0.4, 0.5) is 11.5 Å². The van der Waals surface area contributed by atoms with Gasteiger partial charge in [-0.3, -0.25) is 0 Å². The van der Waals surface area contributed by atoms with Crippen LogP contribution >= 0.6 is 0 Å². The minimum absolute atomic E-state index is 0.381. The highest BCUT2D eigenvalue weighted by Gasteiger charge is 2.23. The van der Waals surface area contributed by atoms with E-state index in [2.05, 4.69) is 28.2 Å². The van der Waals surface area contributed by atoms with Crippen molar-refractivity contribution >= 4 is 11.5 Å². The minimum Gasteiger partial charge on any atom is -0.486 e. The van der Waals surface area contributed by atoms with E-state index < -0.39 is 0 Å². The van der Waals surface area contributed by atoms with Gasteiger partial charge in [-0.25, -0.2) is 9.97 Å². The number of anilines is 2. The summed E-state index contributed by atoms with van der Waals surface area (Å²) in [6.45, 7) is 7.39. The summed E-state index contributed by atoms with van der Waals surface area (Å²) >= 11 is 0.